The second-order valence-electron chi connectivity index (χ2n) is 6.92. The van der Waals surface area contributed by atoms with Gasteiger partial charge in [-0.2, -0.15) is 0 Å². The van der Waals surface area contributed by atoms with Crippen molar-refractivity contribution in [3.63, 3.8) is 0 Å². The van der Waals surface area contributed by atoms with Gasteiger partial charge in [-0.1, -0.05) is 24.6 Å². The second kappa shape index (κ2) is 5.32. The van der Waals surface area contributed by atoms with Gasteiger partial charge in [0.1, 0.15) is 0 Å². The molecule has 128 valence electrons. The minimum Gasteiger partial charge on any atom is -0.284 e. The van der Waals surface area contributed by atoms with Crippen molar-refractivity contribution >= 4 is 10.0 Å². The highest BCUT2D eigenvalue weighted by Crippen LogP contribution is 2.63. The molecule has 0 aliphatic heterocycles. The normalized spacial score (nSPS) is 21.6. The molecule has 1 N–H and O–H groups in total. The van der Waals surface area contributed by atoms with Crippen molar-refractivity contribution in [2.24, 2.45) is 12.5 Å². The summed E-state index contributed by atoms with van der Waals surface area (Å²) >= 11 is 0. The van der Waals surface area contributed by atoms with Crippen LogP contribution in [0.5, 0.6) is 0 Å². The molecule has 1 atom stereocenters. The third kappa shape index (κ3) is 2.43. The second-order valence-corrected chi connectivity index (χ2v) is 8.87. The zero-order chi connectivity index (χ0) is 16.9. The predicted molar refractivity (Wildman–Crippen MR) is 91.5 cm³/mol. The molecule has 0 amide bonds. The molecular formula is C17H21N3O3S. The van der Waals surface area contributed by atoms with Crippen LogP contribution in [-0.2, 0) is 23.6 Å². The maximum Gasteiger partial charge on any atom is 0.271 e. The first-order valence-electron chi connectivity index (χ1n) is 8.25. The van der Waals surface area contributed by atoms with Crippen molar-refractivity contribution in [3.8, 4) is 5.69 Å². The summed E-state index contributed by atoms with van der Waals surface area (Å²) in [6.07, 6.45) is 3.98. The summed E-state index contributed by atoms with van der Waals surface area (Å²) in [4.78, 5) is 12.3. The van der Waals surface area contributed by atoms with E-state index in [1.54, 1.807) is 11.7 Å². The van der Waals surface area contributed by atoms with E-state index in [1.807, 2.05) is 30.3 Å². The Morgan fingerprint density at radius 3 is 2.54 bits per heavy atom. The lowest BCUT2D eigenvalue weighted by Gasteiger charge is -2.26. The minimum atomic E-state index is -3.31. The summed E-state index contributed by atoms with van der Waals surface area (Å²) in [6, 6.07) is 10.8. The third-order valence-corrected chi connectivity index (χ3v) is 7.47. The van der Waals surface area contributed by atoms with Gasteiger partial charge >= 0.3 is 0 Å². The van der Waals surface area contributed by atoms with Gasteiger partial charge in [0, 0.05) is 13.1 Å². The quantitative estimate of drug-likeness (QED) is 0.892. The lowest BCUT2D eigenvalue weighted by molar-refractivity contribution is 0.289. The Bertz CT molecular complexity index is 924. The lowest BCUT2D eigenvalue weighted by Crippen LogP contribution is -2.32. The number of benzene rings is 1. The highest BCUT2D eigenvalue weighted by molar-refractivity contribution is 7.90. The van der Waals surface area contributed by atoms with Crippen LogP contribution in [0.4, 0.5) is 0 Å². The van der Waals surface area contributed by atoms with E-state index in [4.69, 9.17) is 0 Å². The number of nitrogens with one attached hydrogen (secondary N) is 1. The summed E-state index contributed by atoms with van der Waals surface area (Å²) < 4.78 is 30.8. The number of nitrogens with zero attached hydrogens (tertiary/aromatic N) is 2. The lowest BCUT2D eigenvalue weighted by atomic mass is 9.82. The number of para-hydroxylation sites is 1. The van der Waals surface area contributed by atoms with Crippen LogP contribution in [-0.4, -0.2) is 23.0 Å². The molecule has 1 spiro atoms. The molecule has 1 heterocycles. The average Bonchev–Trinajstić information content (AvgIpc) is 3.24. The van der Waals surface area contributed by atoms with Crippen LogP contribution in [0.15, 0.2) is 41.2 Å². The molecule has 0 saturated heterocycles. The summed E-state index contributed by atoms with van der Waals surface area (Å²) in [5, 5.41) is -0.244. The van der Waals surface area contributed by atoms with Crippen LogP contribution in [0.2, 0.25) is 0 Å². The maximum atomic E-state index is 12.4. The first-order chi connectivity index (χ1) is 11.4. The van der Waals surface area contributed by atoms with Crippen LogP contribution in [0.1, 0.15) is 31.4 Å². The fourth-order valence-corrected chi connectivity index (χ4v) is 5.79. The Balaban J connectivity index is 1.53. The van der Waals surface area contributed by atoms with Gasteiger partial charge in [-0.3, -0.25) is 9.48 Å². The Morgan fingerprint density at radius 1 is 1.25 bits per heavy atom. The molecule has 2 aliphatic carbocycles. The Kier molecular flexibility index (Phi) is 3.47. The van der Waals surface area contributed by atoms with Gasteiger partial charge in [0.05, 0.1) is 23.2 Å². The summed E-state index contributed by atoms with van der Waals surface area (Å²) in [5.74, 6) is 0. The molecule has 0 bridgehead atoms. The molecular weight excluding hydrogens is 326 g/mol. The van der Waals surface area contributed by atoms with Gasteiger partial charge < -0.3 is 0 Å². The zero-order valence-electron chi connectivity index (χ0n) is 13.6. The van der Waals surface area contributed by atoms with Crippen molar-refractivity contribution in [3.05, 3.63) is 52.4 Å². The third-order valence-electron chi connectivity index (χ3n) is 5.51. The molecule has 1 aromatic heterocycles. The van der Waals surface area contributed by atoms with Crippen LogP contribution in [0.3, 0.4) is 0 Å². The molecule has 2 aromatic rings. The van der Waals surface area contributed by atoms with Crippen molar-refractivity contribution in [1.82, 2.24) is 14.1 Å². The molecule has 1 aromatic carbocycles. The molecule has 2 fully saturated rings. The van der Waals surface area contributed by atoms with E-state index in [0.717, 1.165) is 31.4 Å². The van der Waals surface area contributed by atoms with E-state index in [9.17, 15) is 13.2 Å². The van der Waals surface area contributed by atoms with E-state index in [0.29, 0.717) is 5.69 Å². The summed E-state index contributed by atoms with van der Waals surface area (Å²) in [6.45, 7) is 0.139. The number of rotatable bonds is 5. The summed E-state index contributed by atoms with van der Waals surface area (Å²) in [5.41, 5.74) is 1.30. The van der Waals surface area contributed by atoms with Crippen LogP contribution in [0.25, 0.3) is 5.69 Å². The Hall–Kier alpha value is -1.86. The van der Waals surface area contributed by atoms with Gasteiger partial charge in [-0.05, 0) is 36.8 Å². The SMILES string of the molecule is Cn1c(CNS(=O)(=O)C2CC23CCC3)cc(=O)n1-c1ccccc1. The topological polar surface area (TPSA) is 73.1 Å². The van der Waals surface area contributed by atoms with Crippen molar-refractivity contribution in [2.45, 2.75) is 37.5 Å². The number of aromatic nitrogens is 2. The number of hydrogen-bond donors (Lipinski definition) is 1. The molecule has 7 heteroatoms. The van der Waals surface area contributed by atoms with Crippen LogP contribution < -0.4 is 10.3 Å². The fourth-order valence-electron chi connectivity index (χ4n) is 3.79. The molecule has 1 unspecified atom stereocenters. The number of sulfonamides is 1. The van der Waals surface area contributed by atoms with Crippen molar-refractivity contribution in [1.29, 1.82) is 0 Å². The van der Waals surface area contributed by atoms with Crippen LogP contribution in [0, 0.1) is 5.41 Å². The largest absolute Gasteiger partial charge is 0.284 e. The van der Waals surface area contributed by atoms with E-state index in [-0.39, 0.29) is 22.8 Å². The van der Waals surface area contributed by atoms with Gasteiger partial charge in [0.25, 0.3) is 5.56 Å². The first kappa shape index (κ1) is 15.7. The van der Waals surface area contributed by atoms with Crippen molar-refractivity contribution < 1.29 is 8.42 Å². The van der Waals surface area contributed by atoms with E-state index >= 15 is 0 Å². The van der Waals surface area contributed by atoms with E-state index in [1.165, 1.54) is 10.7 Å². The molecule has 4 rings (SSSR count). The van der Waals surface area contributed by atoms with Gasteiger partial charge in [0.15, 0.2) is 0 Å². The summed E-state index contributed by atoms with van der Waals surface area (Å²) in [7, 11) is -1.55. The van der Waals surface area contributed by atoms with E-state index in [2.05, 4.69) is 4.72 Å². The number of hydrogen-bond acceptors (Lipinski definition) is 3. The predicted octanol–water partition coefficient (Wildman–Crippen LogP) is 1.54. The molecule has 0 radical (unpaired) electrons. The van der Waals surface area contributed by atoms with Gasteiger partial charge in [-0.25, -0.2) is 17.8 Å². The molecule has 2 aliphatic rings. The zero-order valence-corrected chi connectivity index (χ0v) is 14.4. The molecule has 2 saturated carbocycles. The average molecular weight is 347 g/mol. The maximum absolute atomic E-state index is 12.4. The van der Waals surface area contributed by atoms with Gasteiger partial charge in [0.2, 0.25) is 10.0 Å². The van der Waals surface area contributed by atoms with Crippen LogP contribution >= 0.6 is 0 Å². The smallest absolute Gasteiger partial charge is 0.271 e. The minimum absolute atomic E-state index is 0.0632. The molecule has 6 nitrogen and oxygen atoms in total. The molecule has 24 heavy (non-hydrogen) atoms. The van der Waals surface area contributed by atoms with Gasteiger partial charge in [-0.15, -0.1) is 0 Å². The Morgan fingerprint density at radius 2 is 1.96 bits per heavy atom. The highest BCUT2D eigenvalue weighted by Gasteiger charge is 2.63. The fraction of sp³-hybridized carbons (Fsp3) is 0.471. The highest BCUT2D eigenvalue weighted by atomic mass is 32.2. The monoisotopic (exact) mass is 347 g/mol. The first-order valence-corrected chi connectivity index (χ1v) is 9.79. The van der Waals surface area contributed by atoms with E-state index < -0.39 is 10.0 Å². The standard InChI is InChI=1S/C17H21N3O3S/c1-19-14(10-16(21)20(19)13-6-3-2-4-7-13)12-18-24(22,23)15-11-17(15)8-5-9-17/h2-4,6-7,10,15,18H,5,8-9,11-12H2,1H3. The Labute approximate surface area is 141 Å². The van der Waals surface area contributed by atoms with Crippen molar-refractivity contribution in [2.75, 3.05) is 0 Å².